The van der Waals surface area contributed by atoms with Gasteiger partial charge in [-0.2, -0.15) is 4.31 Å². The highest BCUT2D eigenvalue weighted by atomic mass is 32.2. The molecule has 1 aromatic carbocycles. The van der Waals surface area contributed by atoms with Crippen molar-refractivity contribution in [2.75, 3.05) is 32.9 Å². The molecular weight excluding hydrogens is 266 g/mol. The zero-order valence-electron chi connectivity index (χ0n) is 10.4. The number of hydrogen-bond acceptors (Lipinski definition) is 4. The van der Waals surface area contributed by atoms with Gasteiger partial charge < -0.3 is 9.84 Å². The van der Waals surface area contributed by atoms with Gasteiger partial charge in [0.15, 0.2) is 0 Å². The van der Waals surface area contributed by atoms with Crippen LogP contribution >= 0.6 is 0 Å². The Hall–Kier alpha value is -1.39. The van der Waals surface area contributed by atoms with Crippen LogP contribution in [0.25, 0.3) is 0 Å². The Bertz CT molecular complexity index is 595. The smallest absolute Gasteiger partial charge is 0.244 e. The SMILES string of the molecule is O=S(=O)(c1ccccc1C#CCO)N1CCOCC1. The number of benzene rings is 1. The van der Waals surface area contributed by atoms with Crippen molar-refractivity contribution in [2.45, 2.75) is 4.90 Å². The molecule has 0 saturated carbocycles. The van der Waals surface area contributed by atoms with Crippen LogP contribution in [0.2, 0.25) is 0 Å². The van der Waals surface area contributed by atoms with Crippen LogP contribution in [0.5, 0.6) is 0 Å². The van der Waals surface area contributed by atoms with E-state index < -0.39 is 10.0 Å². The number of ether oxygens (including phenoxy) is 1. The summed E-state index contributed by atoms with van der Waals surface area (Å²) in [7, 11) is -3.55. The summed E-state index contributed by atoms with van der Waals surface area (Å²) in [6.07, 6.45) is 0. The van der Waals surface area contributed by atoms with Gasteiger partial charge in [-0.1, -0.05) is 24.0 Å². The number of hydrogen-bond donors (Lipinski definition) is 1. The first-order valence-electron chi connectivity index (χ1n) is 5.93. The van der Waals surface area contributed by atoms with Gasteiger partial charge in [-0.3, -0.25) is 0 Å². The molecule has 0 atom stereocenters. The molecule has 1 aromatic rings. The maximum Gasteiger partial charge on any atom is 0.244 e. The van der Waals surface area contributed by atoms with Crippen LogP contribution in [-0.4, -0.2) is 50.7 Å². The first-order valence-corrected chi connectivity index (χ1v) is 7.37. The minimum atomic E-state index is -3.55. The second kappa shape index (κ2) is 6.17. The second-order valence-electron chi connectivity index (χ2n) is 3.97. The van der Waals surface area contributed by atoms with Gasteiger partial charge in [0, 0.05) is 18.7 Å². The molecule has 19 heavy (non-hydrogen) atoms. The second-order valence-corrected chi connectivity index (χ2v) is 5.88. The lowest BCUT2D eigenvalue weighted by atomic mass is 10.2. The van der Waals surface area contributed by atoms with Crippen molar-refractivity contribution in [3.63, 3.8) is 0 Å². The molecule has 1 aliphatic heterocycles. The van der Waals surface area contributed by atoms with E-state index in [1.54, 1.807) is 18.2 Å². The summed E-state index contributed by atoms with van der Waals surface area (Å²) < 4.78 is 31.6. The topological polar surface area (TPSA) is 66.8 Å². The molecular formula is C13H15NO4S. The van der Waals surface area contributed by atoms with E-state index in [1.165, 1.54) is 10.4 Å². The summed E-state index contributed by atoms with van der Waals surface area (Å²) in [4.78, 5) is 0.179. The van der Waals surface area contributed by atoms with Crippen molar-refractivity contribution in [2.24, 2.45) is 0 Å². The standard InChI is InChI=1S/C13H15NO4S/c15-9-3-5-12-4-1-2-6-13(12)19(16,17)14-7-10-18-11-8-14/h1-2,4,6,15H,7-11H2. The normalized spacial score (nSPS) is 16.7. The highest BCUT2D eigenvalue weighted by Gasteiger charge is 2.27. The van der Waals surface area contributed by atoms with Crippen LogP contribution in [0.4, 0.5) is 0 Å². The largest absolute Gasteiger partial charge is 0.384 e. The fraction of sp³-hybridized carbons (Fsp3) is 0.385. The van der Waals surface area contributed by atoms with E-state index in [4.69, 9.17) is 9.84 Å². The van der Waals surface area contributed by atoms with Gasteiger partial charge in [-0.15, -0.1) is 0 Å². The molecule has 0 spiro atoms. The molecule has 6 heteroatoms. The fourth-order valence-electron chi connectivity index (χ4n) is 1.86. The predicted octanol–water partition coefficient (Wildman–Crippen LogP) is 0.0513. The third-order valence-corrected chi connectivity index (χ3v) is 4.73. The fourth-order valence-corrected chi connectivity index (χ4v) is 3.41. The van der Waals surface area contributed by atoms with Crippen LogP contribution in [-0.2, 0) is 14.8 Å². The lowest BCUT2D eigenvalue weighted by Crippen LogP contribution is -2.40. The molecule has 0 amide bonds. The Morgan fingerprint density at radius 1 is 1.26 bits per heavy atom. The zero-order valence-corrected chi connectivity index (χ0v) is 11.2. The molecule has 0 unspecified atom stereocenters. The van der Waals surface area contributed by atoms with Crippen LogP contribution < -0.4 is 0 Å². The van der Waals surface area contributed by atoms with Crippen molar-refractivity contribution in [1.29, 1.82) is 0 Å². The highest BCUT2D eigenvalue weighted by molar-refractivity contribution is 7.89. The van der Waals surface area contributed by atoms with Gasteiger partial charge in [0.1, 0.15) is 6.61 Å². The zero-order chi connectivity index (χ0) is 13.7. The van der Waals surface area contributed by atoms with Gasteiger partial charge in [-0.05, 0) is 12.1 Å². The molecule has 0 aliphatic carbocycles. The summed E-state index contributed by atoms with van der Waals surface area (Å²) in [5, 5.41) is 8.72. The van der Waals surface area contributed by atoms with E-state index in [0.717, 1.165) is 0 Å². The lowest BCUT2D eigenvalue weighted by molar-refractivity contribution is 0.0730. The Morgan fingerprint density at radius 2 is 1.95 bits per heavy atom. The van der Waals surface area contributed by atoms with Crippen LogP contribution in [0, 0.1) is 11.8 Å². The van der Waals surface area contributed by atoms with E-state index in [9.17, 15) is 8.42 Å². The van der Waals surface area contributed by atoms with Gasteiger partial charge >= 0.3 is 0 Å². The third kappa shape index (κ3) is 3.14. The number of morpholine rings is 1. The minimum Gasteiger partial charge on any atom is -0.384 e. The van der Waals surface area contributed by atoms with Crippen LogP contribution in [0.15, 0.2) is 29.2 Å². The first-order chi connectivity index (χ1) is 9.16. The van der Waals surface area contributed by atoms with Gasteiger partial charge in [-0.25, -0.2) is 8.42 Å². The highest BCUT2D eigenvalue weighted by Crippen LogP contribution is 2.20. The van der Waals surface area contributed by atoms with E-state index in [1.807, 2.05) is 0 Å². The third-order valence-electron chi connectivity index (χ3n) is 2.78. The van der Waals surface area contributed by atoms with Gasteiger partial charge in [0.25, 0.3) is 0 Å². The molecule has 5 nitrogen and oxygen atoms in total. The Morgan fingerprint density at radius 3 is 2.63 bits per heavy atom. The lowest BCUT2D eigenvalue weighted by Gasteiger charge is -2.26. The number of rotatable bonds is 2. The van der Waals surface area contributed by atoms with Crippen LogP contribution in [0.3, 0.4) is 0 Å². The van der Waals surface area contributed by atoms with Gasteiger partial charge in [0.2, 0.25) is 10.0 Å². The minimum absolute atomic E-state index is 0.179. The molecule has 102 valence electrons. The summed E-state index contributed by atoms with van der Waals surface area (Å²) in [6, 6.07) is 6.55. The number of sulfonamides is 1. The van der Waals surface area contributed by atoms with Crippen molar-refractivity contribution in [3.8, 4) is 11.8 Å². The van der Waals surface area contributed by atoms with Crippen molar-refractivity contribution < 1.29 is 18.3 Å². The number of nitrogens with zero attached hydrogens (tertiary/aromatic N) is 1. The molecule has 2 rings (SSSR count). The summed E-state index contributed by atoms with van der Waals surface area (Å²) in [5.74, 6) is 5.15. The Balaban J connectivity index is 2.39. The molecule has 1 aliphatic rings. The summed E-state index contributed by atoms with van der Waals surface area (Å²) >= 11 is 0. The average Bonchev–Trinajstić information content (AvgIpc) is 2.46. The first kappa shape index (κ1) is 14.0. The van der Waals surface area contributed by atoms with Crippen molar-refractivity contribution >= 4 is 10.0 Å². The predicted molar refractivity (Wildman–Crippen MR) is 70.0 cm³/mol. The number of aliphatic hydroxyl groups is 1. The quantitative estimate of drug-likeness (QED) is 0.778. The molecule has 1 heterocycles. The maximum absolute atomic E-state index is 12.5. The van der Waals surface area contributed by atoms with E-state index in [2.05, 4.69) is 11.8 Å². The van der Waals surface area contributed by atoms with Gasteiger partial charge in [0.05, 0.1) is 18.1 Å². The number of aliphatic hydroxyl groups excluding tert-OH is 1. The molecule has 0 bridgehead atoms. The Kier molecular flexibility index (Phi) is 4.56. The maximum atomic E-state index is 12.5. The molecule has 0 radical (unpaired) electrons. The van der Waals surface area contributed by atoms with Crippen molar-refractivity contribution in [1.82, 2.24) is 4.31 Å². The van der Waals surface area contributed by atoms with Crippen LogP contribution in [0.1, 0.15) is 5.56 Å². The summed E-state index contributed by atoms with van der Waals surface area (Å²) in [6.45, 7) is 1.22. The van der Waals surface area contributed by atoms with Crippen molar-refractivity contribution in [3.05, 3.63) is 29.8 Å². The van der Waals surface area contributed by atoms with E-state index in [0.29, 0.717) is 31.9 Å². The monoisotopic (exact) mass is 281 g/mol. The van der Waals surface area contributed by atoms with E-state index >= 15 is 0 Å². The molecule has 0 aromatic heterocycles. The summed E-state index contributed by atoms with van der Waals surface area (Å²) in [5.41, 5.74) is 0.406. The van der Waals surface area contributed by atoms with E-state index in [-0.39, 0.29) is 11.5 Å². The Labute approximate surface area is 112 Å². The molecule has 1 saturated heterocycles. The molecule has 1 N–H and O–H groups in total. The molecule has 1 fully saturated rings. The average molecular weight is 281 g/mol.